The van der Waals surface area contributed by atoms with E-state index in [1.807, 2.05) is 65.6 Å². The van der Waals surface area contributed by atoms with Gasteiger partial charge in [-0.25, -0.2) is 19.4 Å². The van der Waals surface area contributed by atoms with Crippen molar-refractivity contribution >= 4 is 52.7 Å². The highest BCUT2D eigenvalue weighted by Gasteiger charge is 2.54. The van der Waals surface area contributed by atoms with Gasteiger partial charge in [-0.05, 0) is 55.2 Å². The molecule has 3 aromatic carbocycles. The van der Waals surface area contributed by atoms with Crippen molar-refractivity contribution in [1.82, 2.24) is 40.4 Å². The lowest BCUT2D eigenvalue weighted by Gasteiger charge is -2.22. The fourth-order valence-corrected chi connectivity index (χ4v) is 8.62. The molecule has 0 bridgehead atoms. The van der Waals surface area contributed by atoms with Gasteiger partial charge in [0.25, 0.3) is 11.8 Å². The molecule has 2 aromatic heterocycles. The second-order valence-electron chi connectivity index (χ2n) is 16.5. The molecule has 68 heavy (non-hydrogen) atoms. The molecular weight excluding hydrogens is 894 g/mol. The van der Waals surface area contributed by atoms with E-state index in [1.54, 1.807) is 24.0 Å². The summed E-state index contributed by atoms with van der Waals surface area (Å²) in [6.45, 7) is 3.30. The zero-order valence-electron chi connectivity index (χ0n) is 36.9. The molecule has 3 aliphatic heterocycles. The number of carbonyl (C=O) groups is 5. The second kappa shape index (κ2) is 20.3. The summed E-state index contributed by atoms with van der Waals surface area (Å²) in [7, 11) is 1.28. The van der Waals surface area contributed by atoms with Crippen molar-refractivity contribution in [1.29, 1.82) is 0 Å². The number of carbonyl (C=O) groups excluding carboxylic acids is 5. The summed E-state index contributed by atoms with van der Waals surface area (Å²) in [4.78, 5) is 81.1. The van der Waals surface area contributed by atoms with Crippen molar-refractivity contribution in [3.05, 3.63) is 114 Å². The normalized spacial score (nSPS) is 21.5. The number of methoxy groups -OCH3 is 1. The van der Waals surface area contributed by atoms with E-state index in [0.29, 0.717) is 43.6 Å². The summed E-state index contributed by atoms with van der Waals surface area (Å²) in [6.07, 6.45) is -10.6. The third-order valence-electron chi connectivity index (χ3n) is 12.0. The number of hydrogen-bond donors (Lipinski definition) is 5. The minimum Gasteiger partial charge on any atom is -0.465 e. The first-order chi connectivity index (χ1) is 32.7. The molecule has 4 amide bonds. The third kappa shape index (κ3) is 10.3. The largest absolute Gasteiger partial charge is 0.490 e. The zero-order valence-corrected chi connectivity index (χ0v) is 36.9. The number of aromatic nitrogens is 4. The Labute approximate surface area is 387 Å². The van der Waals surface area contributed by atoms with Crippen molar-refractivity contribution in [3.63, 3.8) is 0 Å². The highest BCUT2D eigenvalue weighted by Crippen LogP contribution is 2.37. The van der Waals surface area contributed by atoms with Gasteiger partial charge in [-0.3, -0.25) is 14.2 Å². The molecule has 22 heteroatoms. The van der Waals surface area contributed by atoms with Crippen LogP contribution in [-0.4, -0.2) is 142 Å². The lowest BCUT2D eigenvalue weighted by molar-refractivity contribution is -0.209. The molecule has 0 aliphatic carbocycles. The van der Waals surface area contributed by atoms with Crippen LogP contribution in [0.5, 0.6) is 0 Å². The molecule has 5 heterocycles. The van der Waals surface area contributed by atoms with Crippen molar-refractivity contribution in [2.24, 2.45) is 0 Å². The summed E-state index contributed by atoms with van der Waals surface area (Å²) in [6, 6.07) is 24.6. The summed E-state index contributed by atoms with van der Waals surface area (Å²) < 4.78 is 56.7. The molecule has 6 atom stereocenters. The number of ether oxygens (including phenoxy) is 3. The lowest BCUT2D eigenvalue weighted by Crippen LogP contribution is -2.48. The van der Waals surface area contributed by atoms with Gasteiger partial charge in [0.2, 0.25) is 5.95 Å². The van der Waals surface area contributed by atoms with Gasteiger partial charge in [-0.2, -0.15) is 23.1 Å². The Kier molecular flexibility index (Phi) is 14.1. The van der Waals surface area contributed by atoms with E-state index in [1.165, 1.54) is 30.1 Å². The van der Waals surface area contributed by atoms with Crippen molar-refractivity contribution in [2.45, 2.75) is 68.5 Å². The molecule has 358 valence electrons. The van der Waals surface area contributed by atoms with Gasteiger partial charge < -0.3 is 50.4 Å². The monoisotopic (exact) mass is 942 g/mol. The zero-order chi connectivity index (χ0) is 48.1. The van der Waals surface area contributed by atoms with Gasteiger partial charge in [-0.15, -0.1) is 0 Å². The van der Waals surface area contributed by atoms with Crippen molar-refractivity contribution in [2.75, 3.05) is 56.6 Å². The van der Waals surface area contributed by atoms with Crippen LogP contribution in [0.15, 0.2) is 91.3 Å². The van der Waals surface area contributed by atoms with Gasteiger partial charge in [0.1, 0.15) is 6.10 Å². The maximum atomic E-state index is 13.4. The average Bonchev–Trinajstić information content (AvgIpc) is 4.16. The first-order valence-electron chi connectivity index (χ1n) is 22.0. The number of halogens is 3. The molecular formula is C46H49F3N10O9. The predicted octanol–water partition coefficient (Wildman–Crippen LogP) is 3.52. The number of anilines is 2. The van der Waals surface area contributed by atoms with Crippen LogP contribution in [0.4, 0.5) is 29.7 Å². The Morgan fingerprint density at radius 3 is 2.13 bits per heavy atom. The topological polar surface area (TPSA) is 231 Å². The Bertz CT molecular complexity index is 2580. The fourth-order valence-electron chi connectivity index (χ4n) is 8.62. The van der Waals surface area contributed by atoms with Crippen molar-refractivity contribution in [3.8, 4) is 0 Å². The molecule has 0 saturated carbocycles. The summed E-state index contributed by atoms with van der Waals surface area (Å²) >= 11 is 0. The number of benzene rings is 3. The molecule has 3 saturated heterocycles. The molecule has 19 nitrogen and oxygen atoms in total. The number of alkyl halides is 3. The van der Waals surface area contributed by atoms with Gasteiger partial charge in [0, 0.05) is 62.8 Å². The van der Waals surface area contributed by atoms with Crippen LogP contribution in [-0.2, 0) is 23.8 Å². The number of imidazole rings is 1. The van der Waals surface area contributed by atoms with Crippen LogP contribution in [0.1, 0.15) is 63.8 Å². The van der Waals surface area contributed by atoms with Crippen LogP contribution >= 0.6 is 0 Å². The van der Waals surface area contributed by atoms with Crippen LogP contribution in [0, 0.1) is 0 Å². The number of likely N-dealkylation sites (N-methyl/N-ethyl adjacent to an activating group) is 1. The summed E-state index contributed by atoms with van der Waals surface area (Å²) in [5.41, 5.74) is 3.01. The SMILES string of the molecule is CCNC(=O)[C@H]1O[C@@H](n2cnc3c(NCC(c4ccccc4)c4ccccc4)nc(N4CC[C@@H](NC(=O)N[C@@H]5CCN(C(=O)c6ccc(C(=O)OC)cc6)C5)C4)nc32)[C@H](O)[C@@H]1OC(=O)C(F)(F)F. The number of aliphatic hydroxyl groups is 1. The number of amides is 4. The van der Waals surface area contributed by atoms with Crippen LogP contribution < -0.4 is 26.2 Å². The lowest BCUT2D eigenvalue weighted by atomic mass is 9.91. The molecule has 0 radical (unpaired) electrons. The van der Waals surface area contributed by atoms with E-state index in [2.05, 4.69) is 31.0 Å². The van der Waals surface area contributed by atoms with Gasteiger partial charge in [0.15, 0.2) is 35.4 Å². The number of esters is 2. The maximum absolute atomic E-state index is 13.4. The molecule has 5 N–H and O–H groups in total. The van der Waals surface area contributed by atoms with E-state index < -0.39 is 54.6 Å². The molecule has 8 rings (SSSR count). The summed E-state index contributed by atoms with van der Waals surface area (Å²) in [5.74, 6) is -3.99. The first kappa shape index (κ1) is 47.2. The average molecular weight is 943 g/mol. The quantitative estimate of drug-likeness (QED) is 0.100. The van der Waals surface area contributed by atoms with E-state index >= 15 is 0 Å². The van der Waals surface area contributed by atoms with Gasteiger partial charge >= 0.3 is 24.1 Å². The smallest absolute Gasteiger partial charge is 0.465 e. The van der Waals surface area contributed by atoms with E-state index in [-0.39, 0.29) is 66.5 Å². The third-order valence-corrected chi connectivity index (χ3v) is 12.0. The van der Waals surface area contributed by atoms with Crippen LogP contribution in [0.2, 0.25) is 0 Å². The van der Waals surface area contributed by atoms with Gasteiger partial charge in [-0.1, -0.05) is 60.7 Å². The van der Waals surface area contributed by atoms with Crippen molar-refractivity contribution < 1.29 is 56.5 Å². The van der Waals surface area contributed by atoms with Gasteiger partial charge in [0.05, 0.1) is 19.0 Å². The Balaban J connectivity index is 1.02. The predicted molar refractivity (Wildman–Crippen MR) is 237 cm³/mol. The van der Waals surface area contributed by atoms with Crippen LogP contribution in [0.3, 0.4) is 0 Å². The number of aliphatic hydroxyl groups excluding tert-OH is 1. The number of urea groups is 1. The number of likely N-dealkylation sites (tertiary alicyclic amines) is 1. The molecule has 0 unspecified atom stereocenters. The number of nitrogens with zero attached hydrogens (tertiary/aromatic N) is 6. The molecule has 5 aromatic rings. The van der Waals surface area contributed by atoms with E-state index in [4.69, 9.17) is 19.4 Å². The second-order valence-corrected chi connectivity index (χ2v) is 16.5. The number of rotatable bonds is 14. The Morgan fingerprint density at radius 1 is 0.868 bits per heavy atom. The number of fused-ring (bicyclic) bond motifs is 1. The fraction of sp³-hybridized carbons (Fsp3) is 0.391. The first-order valence-corrected chi connectivity index (χ1v) is 22.0. The maximum Gasteiger partial charge on any atom is 0.490 e. The minimum absolute atomic E-state index is 0.0662. The number of nitrogens with one attached hydrogen (secondary N) is 4. The van der Waals surface area contributed by atoms with Crippen LogP contribution in [0.25, 0.3) is 11.2 Å². The highest BCUT2D eigenvalue weighted by atomic mass is 19.4. The van der Waals surface area contributed by atoms with E-state index in [0.717, 1.165) is 11.1 Å². The Morgan fingerprint density at radius 2 is 1.50 bits per heavy atom. The highest BCUT2D eigenvalue weighted by molar-refractivity contribution is 5.96. The standard InChI is InChI=1S/C46H49F3N10O9/c1-3-50-39(61)36-35(68-43(64)46(47,48)49)34(60)41(67-36)59-25-52-33-37(51-22-32(26-10-6-4-7-11-26)27-12-8-5-9-13-27)55-44(56-38(33)59)58-21-19-31(24-58)54-45(65)53-30-18-20-57(23-30)40(62)28-14-16-29(17-15-28)42(63)66-2/h4-17,25,30-32,34-36,41,60H,3,18-24H2,1-2H3,(H,50,61)(H,51,55,56)(H2,53,54,65)/t30-,31-,34-,35+,36+,41-/m1/s1. The summed E-state index contributed by atoms with van der Waals surface area (Å²) in [5, 5.41) is 23.3. The molecule has 3 aliphatic rings. The number of hydrogen-bond acceptors (Lipinski definition) is 14. The van der Waals surface area contributed by atoms with E-state index in [9.17, 15) is 42.3 Å². The molecule has 3 fully saturated rings. The minimum atomic E-state index is -5.42. The molecule has 0 spiro atoms. The Hall–Kier alpha value is -7.33.